The second-order valence-corrected chi connectivity index (χ2v) is 4.61. The molecular formula is C11H20N4O. The number of nitrogens with two attached hydrogens (primary N) is 1. The SMILES string of the molecule is CCCC1CCC(c2noc(NN)n2)CC1. The van der Waals surface area contributed by atoms with Crippen LogP contribution in [0.5, 0.6) is 0 Å². The maximum atomic E-state index is 5.21. The van der Waals surface area contributed by atoms with E-state index < -0.39 is 0 Å². The minimum absolute atomic E-state index is 0.311. The van der Waals surface area contributed by atoms with Gasteiger partial charge in [0.25, 0.3) is 0 Å². The van der Waals surface area contributed by atoms with Gasteiger partial charge in [-0.25, -0.2) is 5.84 Å². The number of hydrogen-bond acceptors (Lipinski definition) is 5. The van der Waals surface area contributed by atoms with Gasteiger partial charge in [0, 0.05) is 5.92 Å². The lowest BCUT2D eigenvalue weighted by Crippen LogP contribution is -2.14. The van der Waals surface area contributed by atoms with Gasteiger partial charge in [0.1, 0.15) is 0 Å². The maximum Gasteiger partial charge on any atom is 0.335 e. The normalized spacial score (nSPS) is 25.6. The molecule has 0 unspecified atom stereocenters. The third-order valence-corrected chi connectivity index (χ3v) is 3.47. The summed E-state index contributed by atoms with van der Waals surface area (Å²) in [6.07, 6.45) is 7.58. The Kier molecular flexibility index (Phi) is 3.77. The Balaban J connectivity index is 1.88. The summed E-state index contributed by atoms with van der Waals surface area (Å²) >= 11 is 0. The van der Waals surface area contributed by atoms with Crippen molar-refractivity contribution in [2.45, 2.75) is 51.4 Å². The zero-order valence-electron chi connectivity index (χ0n) is 9.78. The van der Waals surface area contributed by atoms with Gasteiger partial charge in [-0.2, -0.15) is 4.98 Å². The number of aromatic nitrogens is 2. The fraction of sp³-hybridized carbons (Fsp3) is 0.818. The Morgan fingerprint density at radius 2 is 2.12 bits per heavy atom. The van der Waals surface area contributed by atoms with Crippen molar-refractivity contribution in [3.05, 3.63) is 5.82 Å². The zero-order chi connectivity index (χ0) is 11.4. The summed E-state index contributed by atoms with van der Waals surface area (Å²) in [5.41, 5.74) is 2.38. The Bertz CT molecular complexity index is 318. The summed E-state index contributed by atoms with van der Waals surface area (Å²) in [5, 5.41) is 3.95. The summed E-state index contributed by atoms with van der Waals surface area (Å²) in [4.78, 5) is 4.21. The first-order valence-corrected chi connectivity index (χ1v) is 6.13. The molecule has 1 saturated carbocycles. The highest BCUT2D eigenvalue weighted by Gasteiger charge is 2.25. The van der Waals surface area contributed by atoms with Gasteiger partial charge in [-0.05, 0) is 31.6 Å². The molecule has 1 aliphatic rings. The molecule has 0 aliphatic heterocycles. The molecule has 5 heteroatoms. The number of nitrogens with zero attached hydrogens (tertiary/aromatic N) is 2. The van der Waals surface area contributed by atoms with Gasteiger partial charge in [0.2, 0.25) is 0 Å². The van der Waals surface area contributed by atoms with Crippen LogP contribution in [0.25, 0.3) is 0 Å². The van der Waals surface area contributed by atoms with E-state index in [0.29, 0.717) is 11.9 Å². The second kappa shape index (κ2) is 5.30. The van der Waals surface area contributed by atoms with E-state index in [-0.39, 0.29) is 0 Å². The van der Waals surface area contributed by atoms with Gasteiger partial charge in [0.05, 0.1) is 0 Å². The van der Waals surface area contributed by atoms with Crippen molar-refractivity contribution < 1.29 is 4.52 Å². The van der Waals surface area contributed by atoms with E-state index in [2.05, 4.69) is 22.5 Å². The number of anilines is 1. The summed E-state index contributed by atoms with van der Waals surface area (Å²) in [6, 6.07) is 0.311. The third kappa shape index (κ3) is 2.52. The molecule has 0 saturated heterocycles. The van der Waals surface area contributed by atoms with Crippen LogP contribution in [-0.4, -0.2) is 10.1 Å². The second-order valence-electron chi connectivity index (χ2n) is 4.61. The highest BCUT2D eigenvalue weighted by Crippen LogP contribution is 2.36. The lowest BCUT2D eigenvalue weighted by atomic mass is 9.80. The lowest BCUT2D eigenvalue weighted by Gasteiger charge is -2.26. The molecule has 16 heavy (non-hydrogen) atoms. The quantitative estimate of drug-likeness (QED) is 0.606. The molecule has 1 fully saturated rings. The van der Waals surface area contributed by atoms with Gasteiger partial charge in [-0.3, -0.25) is 5.43 Å². The van der Waals surface area contributed by atoms with Crippen molar-refractivity contribution in [1.29, 1.82) is 0 Å². The van der Waals surface area contributed by atoms with Crippen LogP contribution in [0.15, 0.2) is 4.52 Å². The van der Waals surface area contributed by atoms with Crippen molar-refractivity contribution in [2.24, 2.45) is 11.8 Å². The van der Waals surface area contributed by atoms with Crippen LogP contribution in [0, 0.1) is 5.92 Å². The van der Waals surface area contributed by atoms with Crippen LogP contribution in [0.4, 0.5) is 6.01 Å². The Hall–Kier alpha value is -1.10. The van der Waals surface area contributed by atoms with E-state index in [1.165, 1.54) is 38.5 Å². The van der Waals surface area contributed by atoms with E-state index in [0.717, 1.165) is 11.7 Å². The first-order valence-electron chi connectivity index (χ1n) is 6.13. The van der Waals surface area contributed by atoms with Crippen molar-refractivity contribution in [1.82, 2.24) is 10.1 Å². The smallest absolute Gasteiger partial charge is 0.314 e. The number of hydrazine groups is 1. The minimum Gasteiger partial charge on any atom is -0.314 e. The monoisotopic (exact) mass is 224 g/mol. The standard InChI is InChI=1S/C11H20N4O/c1-2-3-8-4-6-9(7-5-8)10-13-11(14-12)16-15-10/h8-9H,2-7,12H2,1H3,(H,13,14,15). The fourth-order valence-corrected chi connectivity index (χ4v) is 2.58. The number of hydrogen-bond donors (Lipinski definition) is 2. The summed E-state index contributed by atoms with van der Waals surface area (Å²) in [7, 11) is 0. The molecule has 2 rings (SSSR count). The van der Waals surface area contributed by atoms with Gasteiger partial charge in [-0.1, -0.05) is 24.9 Å². The number of nitrogens with one attached hydrogen (secondary N) is 1. The largest absolute Gasteiger partial charge is 0.335 e. The first kappa shape index (κ1) is 11.4. The number of nitrogen functional groups attached to an aromatic ring is 1. The van der Waals surface area contributed by atoms with Crippen LogP contribution in [0.1, 0.15) is 57.2 Å². The predicted octanol–water partition coefficient (Wildman–Crippen LogP) is 2.43. The zero-order valence-corrected chi connectivity index (χ0v) is 9.78. The maximum absolute atomic E-state index is 5.21. The van der Waals surface area contributed by atoms with E-state index in [1.54, 1.807) is 0 Å². The Labute approximate surface area is 95.8 Å². The molecular weight excluding hydrogens is 204 g/mol. The van der Waals surface area contributed by atoms with Crippen LogP contribution in [0.3, 0.4) is 0 Å². The molecule has 1 aromatic heterocycles. The minimum atomic E-state index is 0.311. The van der Waals surface area contributed by atoms with Crippen LogP contribution >= 0.6 is 0 Å². The molecule has 1 aliphatic carbocycles. The van der Waals surface area contributed by atoms with Gasteiger partial charge in [-0.15, -0.1) is 0 Å². The molecule has 3 N–H and O–H groups in total. The van der Waals surface area contributed by atoms with Crippen molar-refractivity contribution in [3.8, 4) is 0 Å². The number of rotatable bonds is 4. The van der Waals surface area contributed by atoms with Gasteiger partial charge < -0.3 is 4.52 Å². The van der Waals surface area contributed by atoms with Gasteiger partial charge in [0.15, 0.2) is 5.82 Å². The fourth-order valence-electron chi connectivity index (χ4n) is 2.58. The highest BCUT2D eigenvalue weighted by molar-refractivity contribution is 5.16. The first-order chi connectivity index (χ1) is 7.83. The molecule has 0 radical (unpaired) electrons. The molecule has 1 heterocycles. The van der Waals surface area contributed by atoms with E-state index >= 15 is 0 Å². The summed E-state index contributed by atoms with van der Waals surface area (Å²) in [5.74, 6) is 7.38. The van der Waals surface area contributed by atoms with Crippen molar-refractivity contribution in [2.75, 3.05) is 5.43 Å². The van der Waals surface area contributed by atoms with Gasteiger partial charge >= 0.3 is 6.01 Å². The third-order valence-electron chi connectivity index (χ3n) is 3.47. The topological polar surface area (TPSA) is 77.0 Å². The summed E-state index contributed by atoms with van der Waals surface area (Å²) < 4.78 is 4.94. The van der Waals surface area contributed by atoms with Crippen LogP contribution in [0.2, 0.25) is 0 Å². The van der Waals surface area contributed by atoms with E-state index in [9.17, 15) is 0 Å². The van der Waals surface area contributed by atoms with E-state index in [1.807, 2.05) is 0 Å². The molecule has 0 spiro atoms. The van der Waals surface area contributed by atoms with E-state index in [4.69, 9.17) is 10.4 Å². The van der Waals surface area contributed by atoms with Crippen LogP contribution in [-0.2, 0) is 0 Å². The van der Waals surface area contributed by atoms with Crippen molar-refractivity contribution >= 4 is 6.01 Å². The molecule has 0 bridgehead atoms. The molecule has 0 aromatic carbocycles. The summed E-state index contributed by atoms with van der Waals surface area (Å²) in [6.45, 7) is 2.25. The Morgan fingerprint density at radius 3 is 2.69 bits per heavy atom. The molecule has 1 aromatic rings. The average Bonchev–Trinajstić information content (AvgIpc) is 2.79. The molecule has 0 amide bonds. The lowest BCUT2D eigenvalue weighted by molar-refractivity contribution is 0.296. The van der Waals surface area contributed by atoms with Crippen molar-refractivity contribution in [3.63, 3.8) is 0 Å². The molecule has 0 atom stereocenters. The average molecular weight is 224 g/mol. The predicted molar refractivity (Wildman–Crippen MR) is 61.7 cm³/mol. The molecule has 5 nitrogen and oxygen atoms in total. The highest BCUT2D eigenvalue weighted by atomic mass is 16.5. The van der Waals surface area contributed by atoms with Crippen LogP contribution < -0.4 is 11.3 Å². The Morgan fingerprint density at radius 1 is 1.38 bits per heavy atom. The molecule has 90 valence electrons.